The van der Waals surface area contributed by atoms with Gasteiger partial charge in [0, 0.05) is 25.2 Å². The first-order chi connectivity index (χ1) is 4.61. The van der Waals surface area contributed by atoms with Gasteiger partial charge in [0.25, 0.3) is 0 Å². The van der Waals surface area contributed by atoms with E-state index >= 15 is 0 Å². The van der Waals surface area contributed by atoms with Gasteiger partial charge in [0.1, 0.15) is 0 Å². The zero-order chi connectivity index (χ0) is 7.72. The van der Waals surface area contributed by atoms with E-state index in [2.05, 4.69) is 37.7 Å². The van der Waals surface area contributed by atoms with Gasteiger partial charge in [-0.25, -0.2) is 0 Å². The third-order valence-electron chi connectivity index (χ3n) is 2.54. The number of likely N-dealkylation sites (N-methyl/N-ethyl adjacent to an activating group) is 2. The topological polar surface area (TPSA) is 6.48 Å². The third kappa shape index (κ3) is 1.50. The second-order valence-corrected chi connectivity index (χ2v) is 3.58. The predicted molar refractivity (Wildman–Crippen MR) is 44.2 cm³/mol. The van der Waals surface area contributed by atoms with Crippen molar-refractivity contribution in [3.05, 3.63) is 0 Å². The molecule has 1 aliphatic rings. The van der Waals surface area contributed by atoms with E-state index in [1.54, 1.807) is 0 Å². The molecule has 1 aliphatic heterocycles. The molecule has 1 unspecified atom stereocenters. The molecule has 0 radical (unpaired) electrons. The minimum Gasteiger partial charge on any atom is -0.303 e. The smallest absolute Gasteiger partial charge is 0.0195 e. The van der Waals surface area contributed by atoms with E-state index in [1.807, 2.05) is 0 Å². The molecule has 2 nitrogen and oxygen atoms in total. The molecule has 60 valence electrons. The average molecular weight is 142 g/mol. The van der Waals surface area contributed by atoms with E-state index in [4.69, 9.17) is 0 Å². The molecule has 0 N–H and O–H groups in total. The molecule has 1 rings (SSSR count). The second kappa shape index (κ2) is 2.89. The summed E-state index contributed by atoms with van der Waals surface area (Å²) < 4.78 is 0. The lowest BCUT2D eigenvalue weighted by molar-refractivity contribution is 0.0761. The lowest BCUT2D eigenvalue weighted by Gasteiger charge is -2.40. The van der Waals surface area contributed by atoms with Gasteiger partial charge in [0.15, 0.2) is 0 Å². The molecule has 1 saturated heterocycles. The van der Waals surface area contributed by atoms with Crippen molar-refractivity contribution in [1.29, 1.82) is 0 Å². The van der Waals surface area contributed by atoms with E-state index in [0.717, 1.165) is 0 Å². The Morgan fingerprint density at radius 3 is 1.80 bits per heavy atom. The monoisotopic (exact) mass is 142 g/mol. The highest BCUT2D eigenvalue weighted by Crippen LogP contribution is 2.10. The van der Waals surface area contributed by atoms with E-state index in [1.165, 1.54) is 13.1 Å². The molecule has 2 atom stereocenters. The van der Waals surface area contributed by atoms with Crippen LogP contribution in [0.3, 0.4) is 0 Å². The van der Waals surface area contributed by atoms with Crippen molar-refractivity contribution in [2.75, 3.05) is 27.2 Å². The molecule has 0 spiro atoms. The van der Waals surface area contributed by atoms with Gasteiger partial charge < -0.3 is 4.90 Å². The van der Waals surface area contributed by atoms with Crippen LogP contribution in [0.15, 0.2) is 0 Å². The number of hydrogen-bond donors (Lipinski definition) is 0. The summed E-state index contributed by atoms with van der Waals surface area (Å²) in [5, 5.41) is 0. The van der Waals surface area contributed by atoms with Crippen LogP contribution >= 0.6 is 0 Å². The Kier molecular flexibility index (Phi) is 2.32. The maximum Gasteiger partial charge on any atom is 0.0195 e. The summed E-state index contributed by atoms with van der Waals surface area (Å²) in [7, 11) is 4.41. The lowest BCUT2D eigenvalue weighted by atomic mass is 10.1. The van der Waals surface area contributed by atoms with Crippen LogP contribution in [0, 0.1) is 0 Å². The van der Waals surface area contributed by atoms with Gasteiger partial charge >= 0.3 is 0 Å². The summed E-state index contributed by atoms with van der Waals surface area (Å²) in [5.74, 6) is 0. The SMILES string of the molecule is CC1CN(C)C[C@H](C)N1C. The number of nitrogens with zero attached hydrogens (tertiary/aromatic N) is 2. The zero-order valence-electron chi connectivity index (χ0n) is 7.46. The van der Waals surface area contributed by atoms with Crippen LogP contribution < -0.4 is 0 Å². The van der Waals surface area contributed by atoms with E-state index in [-0.39, 0.29) is 0 Å². The molecule has 0 saturated carbocycles. The zero-order valence-corrected chi connectivity index (χ0v) is 7.46. The quantitative estimate of drug-likeness (QED) is 0.490. The molecule has 0 bridgehead atoms. The molecule has 0 aliphatic carbocycles. The van der Waals surface area contributed by atoms with Crippen LogP contribution in [0.4, 0.5) is 0 Å². The highest BCUT2D eigenvalue weighted by Gasteiger charge is 2.23. The minimum atomic E-state index is 0.716. The first-order valence-corrected chi connectivity index (χ1v) is 4.01. The Labute approximate surface area is 63.8 Å². The van der Waals surface area contributed by atoms with Crippen molar-refractivity contribution in [3.8, 4) is 0 Å². The summed E-state index contributed by atoms with van der Waals surface area (Å²) in [6, 6.07) is 1.43. The summed E-state index contributed by atoms with van der Waals surface area (Å²) in [6.45, 7) is 6.99. The number of hydrogen-bond acceptors (Lipinski definition) is 2. The van der Waals surface area contributed by atoms with Crippen LogP contribution in [0.1, 0.15) is 13.8 Å². The summed E-state index contributed by atoms with van der Waals surface area (Å²) in [6.07, 6.45) is 0. The number of rotatable bonds is 0. The maximum absolute atomic E-state index is 2.44. The van der Waals surface area contributed by atoms with Crippen molar-refractivity contribution >= 4 is 0 Å². The van der Waals surface area contributed by atoms with Crippen LogP contribution in [0.5, 0.6) is 0 Å². The third-order valence-corrected chi connectivity index (χ3v) is 2.54. The van der Waals surface area contributed by atoms with Gasteiger partial charge in [0.2, 0.25) is 0 Å². The fraction of sp³-hybridized carbons (Fsp3) is 1.00. The molecule has 0 aromatic heterocycles. The Bertz CT molecular complexity index is 102. The first kappa shape index (κ1) is 8.02. The lowest BCUT2D eigenvalue weighted by Crippen LogP contribution is -2.53. The van der Waals surface area contributed by atoms with Crippen LogP contribution in [-0.4, -0.2) is 49.1 Å². The van der Waals surface area contributed by atoms with Crippen LogP contribution in [-0.2, 0) is 0 Å². The largest absolute Gasteiger partial charge is 0.303 e. The van der Waals surface area contributed by atoms with E-state index in [9.17, 15) is 0 Å². The Morgan fingerprint density at radius 1 is 1.00 bits per heavy atom. The minimum absolute atomic E-state index is 0.716. The molecule has 0 aromatic rings. The van der Waals surface area contributed by atoms with E-state index in [0.29, 0.717) is 12.1 Å². The molecule has 1 heterocycles. The Hall–Kier alpha value is -0.0800. The van der Waals surface area contributed by atoms with Crippen molar-refractivity contribution in [2.45, 2.75) is 25.9 Å². The van der Waals surface area contributed by atoms with Crippen molar-refractivity contribution < 1.29 is 0 Å². The predicted octanol–water partition coefficient (Wildman–Crippen LogP) is 0.641. The molecule has 1 fully saturated rings. The molecule has 10 heavy (non-hydrogen) atoms. The standard InChI is InChI=1S/C8H18N2/c1-7-5-9(3)6-8(2)10(7)4/h7-8H,5-6H2,1-4H3/t7-,8?/m0/s1. The molecular weight excluding hydrogens is 124 g/mol. The normalized spacial score (nSPS) is 38.4. The Balaban J connectivity index is 2.49. The highest BCUT2D eigenvalue weighted by molar-refractivity contribution is 4.80. The van der Waals surface area contributed by atoms with E-state index < -0.39 is 0 Å². The van der Waals surface area contributed by atoms with Crippen molar-refractivity contribution in [3.63, 3.8) is 0 Å². The fourth-order valence-corrected chi connectivity index (χ4v) is 1.67. The summed E-state index contributed by atoms with van der Waals surface area (Å²) >= 11 is 0. The van der Waals surface area contributed by atoms with Crippen molar-refractivity contribution in [2.24, 2.45) is 0 Å². The Morgan fingerprint density at radius 2 is 1.40 bits per heavy atom. The summed E-state index contributed by atoms with van der Waals surface area (Å²) in [4.78, 5) is 4.84. The van der Waals surface area contributed by atoms with Crippen molar-refractivity contribution in [1.82, 2.24) is 9.80 Å². The highest BCUT2D eigenvalue weighted by atomic mass is 15.3. The molecule has 0 aromatic carbocycles. The number of piperazine rings is 1. The second-order valence-electron chi connectivity index (χ2n) is 3.58. The summed E-state index contributed by atoms with van der Waals surface area (Å²) in [5.41, 5.74) is 0. The molecule has 2 heteroatoms. The van der Waals surface area contributed by atoms with Gasteiger partial charge in [-0.3, -0.25) is 4.90 Å². The van der Waals surface area contributed by atoms with Gasteiger partial charge in [-0.1, -0.05) is 0 Å². The van der Waals surface area contributed by atoms with Gasteiger partial charge in [-0.05, 0) is 27.9 Å². The van der Waals surface area contributed by atoms with Crippen LogP contribution in [0.25, 0.3) is 0 Å². The van der Waals surface area contributed by atoms with Gasteiger partial charge in [-0.15, -0.1) is 0 Å². The molecule has 0 amide bonds. The molecular formula is C8H18N2. The van der Waals surface area contributed by atoms with Crippen LogP contribution in [0.2, 0.25) is 0 Å². The first-order valence-electron chi connectivity index (χ1n) is 4.01. The fourth-order valence-electron chi connectivity index (χ4n) is 1.67. The average Bonchev–Trinajstić information content (AvgIpc) is 1.82. The van der Waals surface area contributed by atoms with Gasteiger partial charge in [0.05, 0.1) is 0 Å². The maximum atomic E-state index is 2.44. The van der Waals surface area contributed by atoms with Gasteiger partial charge in [-0.2, -0.15) is 0 Å².